The van der Waals surface area contributed by atoms with Crippen LogP contribution in [0.2, 0.25) is 0 Å². The van der Waals surface area contributed by atoms with Gasteiger partial charge in [-0.1, -0.05) is 6.92 Å². The summed E-state index contributed by atoms with van der Waals surface area (Å²) in [6.45, 7) is 8.36. The number of anilines is 1. The molecule has 10 nitrogen and oxygen atoms in total. The van der Waals surface area contributed by atoms with Crippen LogP contribution >= 0.6 is 0 Å². The highest BCUT2D eigenvalue weighted by Crippen LogP contribution is 2.33. The quantitative estimate of drug-likeness (QED) is 0.452. The largest absolute Gasteiger partial charge is 0.364 e. The molecule has 0 aromatic carbocycles. The summed E-state index contributed by atoms with van der Waals surface area (Å²) in [5.41, 5.74) is 4.14. The van der Waals surface area contributed by atoms with Gasteiger partial charge in [-0.15, -0.1) is 0 Å². The number of nitrogens with zero attached hydrogens (tertiary/aromatic N) is 9. The topological polar surface area (TPSA) is 100 Å². The van der Waals surface area contributed by atoms with E-state index in [2.05, 4.69) is 46.8 Å². The van der Waals surface area contributed by atoms with Crippen LogP contribution in [0.3, 0.4) is 0 Å². The zero-order valence-corrected chi connectivity index (χ0v) is 20.0. The van der Waals surface area contributed by atoms with E-state index in [-0.39, 0.29) is 30.2 Å². The van der Waals surface area contributed by atoms with E-state index in [1.165, 1.54) is 0 Å². The van der Waals surface area contributed by atoms with Gasteiger partial charge in [0, 0.05) is 56.6 Å². The summed E-state index contributed by atoms with van der Waals surface area (Å²) < 4.78 is 4.98. The fourth-order valence-electron chi connectivity index (χ4n) is 5.08. The summed E-state index contributed by atoms with van der Waals surface area (Å²) >= 11 is 0. The maximum atomic E-state index is 12.8. The number of aryl methyl sites for hydroxylation is 1. The molecule has 5 rings (SSSR count). The third-order valence-electron chi connectivity index (χ3n) is 7.04. The summed E-state index contributed by atoms with van der Waals surface area (Å²) in [7, 11) is 1.75. The molecule has 176 valence electrons. The van der Waals surface area contributed by atoms with E-state index < -0.39 is 0 Å². The molecule has 1 fully saturated rings. The highest BCUT2D eigenvalue weighted by atomic mass is 16.1. The molecule has 1 aliphatic rings. The molecule has 0 unspecified atom stereocenters. The summed E-state index contributed by atoms with van der Waals surface area (Å²) in [6, 6.07) is 8.37. The highest BCUT2D eigenvalue weighted by Gasteiger charge is 2.35. The van der Waals surface area contributed by atoms with Crippen molar-refractivity contribution < 1.29 is 0 Å². The van der Waals surface area contributed by atoms with E-state index in [1.807, 2.05) is 18.3 Å². The minimum absolute atomic E-state index is 0.0756. The Morgan fingerprint density at radius 3 is 2.88 bits per heavy atom. The second kappa shape index (κ2) is 8.57. The molecule has 0 bridgehead atoms. The van der Waals surface area contributed by atoms with Crippen LogP contribution in [0.4, 0.5) is 5.69 Å². The highest BCUT2D eigenvalue weighted by molar-refractivity contribution is 5.88. The zero-order chi connectivity index (χ0) is 24.0. The maximum absolute atomic E-state index is 12.8. The van der Waals surface area contributed by atoms with E-state index in [0.29, 0.717) is 0 Å². The second-order valence-electron chi connectivity index (χ2n) is 9.07. The number of hydrogen-bond donors (Lipinski definition) is 0. The molecule has 0 aliphatic carbocycles. The molecule has 0 radical (unpaired) electrons. The normalized spacial score (nSPS) is 20.1. The van der Waals surface area contributed by atoms with Crippen LogP contribution in [0.1, 0.15) is 38.9 Å². The Morgan fingerprint density at radius 2 is 2.12 bits per heavy atom. The molecule has 3 atom stereocenters. The number of piperazine rings is 1. The summed E-state index contributed by atoms with van der Waals surface area (Å²) in [4.78, 5) is 22.4. The fourth-order valence-corrected chi connectivity index (χ4v) is 5.08. The monoisotopic (exact) mass is 459 g/mol. The Balaban J connectivity index is 1.48. The second-order valence-corrected chi connectivity index (χ2v) is 9.07. The molecule has 0 amide bonds. The van der Waals surface area contributed by atoms with Crippen molar-refractivity contribution in [2.45, 2.75) is 51.9 Å². The third-order valence-corrected chi connectivity index (χ3v) is 7.04. The maximum Gasteiger partial charge on any atom is 0.252 e. The van der Waals surface area contributed by atoms with Crippen LogP contribution in [0, 0.1) is 11.3 Å². The lowest BCUT2D eigenvalue weighted by Crippen LogP contribution is -2.58. The Morgan fingerprint density at radius 1 is 1.29 bits per heavy atom. The Kier molecular flexibility index (Phi) is 5.57. The summed E-state index contributed by atoms with van der Waals surface area (Å²) in [6.07, 6.45) is 6.47. The number of aromatic nitrogens is 6. The minimum atomic E-state index is -0.0756. The molecule has 4 aromatic rings. The number of fused-ring (bicyclic) bond motifs is 2. The molecule has 0 saturated carbocycles. The van der Waals surface area contributed by atoms with Crippen LogP contribution in [-0.4, -0.2) is 59.0 Å². The number of rotatable bonds is 5. The molecular formula is C24H29N9O. The van der Waals surface area contributed by atoms with Gasteiger partial charge in [0.2, 0.25) is 0 Å². The number of hydrogen-bond acceptors (Lipinski definition) is 7. The van der Waals surface area contributed by atoms with Crippen LogP contribution in [-0.2, 0) is 13.6 Å². The Hall–Kier alpha value is -3.71. The van der Waals surface area contributed by atoms with Crippen molar-refractivity contribution in [3.8, 4) is 6.07 Å². The lowest BCUT2D eigenvalue weighted by atomic mass is 10.00. The average Bonchev–Trinajstić information content (AvgIpc) is 3.48. The molecule has 0 spiro atoms. The van der Waals surface area contributed by atoms with Gasteiger partial charge >= 0.3 is 0 Å². The lowest BCUT2D eigenvalue weighted by Gasteiger charge is -2.48. The van der Waals surface area contributed by atoms with Gasteiger partial charge in [-0.2, -0.15) is 15.5 Å². The van der Waals surface area contributed by atoms with Crippen molar-refractivity contribution >= 4 is 22.4 Å². The van der Waals surface area contributed by atoms with E-state index in [9.17, 15) is 4.79 Å². The van der Waals surface area contributed by atoms with Gasteiger partial charge in [0.25, 0.3) is 5.56 Å². The molecule has 34 heavy (non-hydrogen) atoms. The van der Waals surface area contributed by atoms with Crippen LogP contribution in [0.15, 0.2) is 41.6 Å². The fraction of sp³-hybridized carbons (Fsp3) is 0.458. The van der Waals surface area contributed by atoms with E-state index >= 15 is 0 Å². The first kappa shape index (κ1) is 22.1. The first-order valence-corrected chi connectivity index (χ1v) is 11.7. The van der Waals surface area contributed by atoms with Crippen molar-refractivity contribution in [2.75, 3.05) is 18.0 Å². The van der Waals surface area contributed by atoms with Crippen molar-refractivity contribution in [3.63, 3.8) is 0 Å². The first-order valence-electron chi connectivity index (χ1n) is 11.7. The summed E-state index contributed by atoms with van der Waals surface area (Å²) in [5, 5.41) is 18.0. The Bertz CT molecular complexity index is 1440. The lowest BCUT2D eigenvalue weighted by molar-refractivity contribution is 0.104. The van der Waals surface area contributed by atoms with Gasteiger partial charge in [0.1, 0.15) is 12.1 Å². The predicted octanol–water partition coefficient (Wildman–Crippen LogP) is 2.35. The third kappa shape index (κ3) is 3.62. The van der Waals surface area contributed by atoms with Gasteiger partial charge in [0.05, 0.1) is 35.4 Å². The van der Waals surface area contributed by atoms with Gasteiger partial charge in [-0.3, -0.25) is 14.4 Å². The van der Waals surface area contributed by atoms with E-state index in [1.54, 1.807) is 39.3 Å². The first-order chi connectivity index (χ1) is 16.4. The van der Waals surface area contributed by atoms with E-state index in [4.69, 9.17) is 10.2 Å². The minimum Gasteiger partial charge on any atom is -0.364 e. The van der Waals surface area contributed by atoms with E-state index in [0.717, 1.165) is 47.6 Å². The van der Waals surface area contributed by atoms with Gasteiger partial charge in [-0.25, -0.2) is 9.50 Å². The zero-order valence-electron chi connectivity index (χ0n) is 20.0. The van der Waals surface area contributed by atoms with Gasteiger partial charge in [0.15, 0.2) is 5.65 Å². The SMILES string of the molecule is CC[C@@H]1CN(c2cc(=O)n(C)c3cn(CC#N)nc23)[C@@H](C)CN1[C@@H](C)c1ccn2nccc2n1. The van der Waals surface area contributed by atoms with Crippen LogP contribution < -0.4 is 10.5 Å². The van der Waals surface area contributed by atoms with Crippen molar-refractivity contribution in [1.82, 2.24) is 33.8 Å². The standard InChI is InChI=1S/C24H29N9O/c1-5-18-14-31(20-12-23(34)29(4)21-15-30(11-8-25)28-24(20)21)16(2)13-32(18)17(3)19-7-10-33-22(27-19)6-9-26-33/h6-7,9-10,12,15-18H,5,11,13-14H2,1-4H3/t16-,17-,18+/m0/s1. The van der Waals surface area contributed by atoms with Crippen molar-refractivity contribution in [3.05, 3.63) is 52.8 Å². The average molecular weight is 460 g/mol. The molecule has 1 aliphatic heterocycles. The molecular weight excluding hydrogens is 430 g/mol. The van der Waals surface area contributed by atoms with Gasteiger partial charge in [-0.05, 0) is 26.3 Å². The number of pyridine rings is 1. The van der Waals surface area contributed by atoms with Crippen LogP contribution in [0.25, 0.3) is 16.7 Å². The van der Waals surface area contributed by atoms with Crippen molar-refractivity contribution in [2.24, 2.45) is 7.05 Å². The predicted molar refractivity (Wildman–Crippen MR) is 130 cm³/mol. The van der Waals surface area contributed by atoms with Gasteiger partial charge < -0.3 is 9.47 Å². The molecule has 10 heteroatoms. The number of nitriles is 1. The molecule has 5 heterocycles. The van der Waals surface area contributed by atoms with Crippen molar-refractivity contribution in [1.29, 1.82) is 5.26 Å². The molecule has 4 aromatic heterocycles. The smallest absolute Gasteiger partial charge is 0.252 e. The van der Waals surface area contributed by atoms with Crippen LogP contribution in [0.5, 0.6) is 0 Å². The molecule has 1 saturated heterocycles. The Labute approximate surface area is 197 Å². The summed E-state index contributed by atoms with van der Waals surface area (Å²) in [5.74, 6) is 0. The molecule has 0 N–H and O–H groups in total.